The van der Waals surface area contributed by atoms with E-state index in [4.69, 9.17) is 16.3 Å². The molecule has 0 unspecified atom stereocenters. The molecule has 94 valence electrons. The van der Waals surface area contributed by atoms with Crippen LogP contribution in [0.5, 0.6) is 0 Å². The lowest BCUT2D eigenvalue weighted by Crippen LogP contribution is -2.14. The average Bonchev–Trinajstić information content (AvgIpc) is 2.78. The van der Waals surface area contributed by atoms with E-state index in [0.717, 1.165) is 11.1 Å². The van der Waals surface area contributed by atoms with Crippen LogP contribution < -0.4 is 5.32 Å². The van der Waals surface area contributed by atoms with Crippen LogP contribution in [-0.2, 0) is 4.74 Å². The Morgan fingerprint density at radius 3 is 2.83 bits per heavy atom. The molecule has 6 heteroatoms. The minimum atomic E-state index is -0.517. The van der Waals surface area contributed by atoms with E-state index in [9.17, 15) is 4.79 Å². The first-order valence-electron chi connectivity index (χ1n) is 5.43. The topological polar surface area (TPSA) is 67.0 Å². The van der Waals surface area contributed by atoms with Gasteiger partial charge in [0.05, 0.1) is 12.8 Å². The normalized spacial score (nSPS) is 10.1. The number of nitrogens with zero attached hydrogens (tertiary/aromatic N) is 1. The first kappa shape index (κ1) is 12.4. The highest BCUT2D eigenvalue weighted by atomic mass is 35.5. The number of aromatic nitrogens is 2. The van der Waals surface area contributed by atoms with Crippen LogP contribution in [0.1, 0.15) is 6.92 Å². The van der Waals surface area contributed by atoms with Crippen LogP contribution in [-0.4, -0.2) is 22.9 Å². The zero-order valence-corrected chi connectivity index (χ0v) is 10.5. The second-order valence-electron chi connectivity index (χ2n) is 3.51. The van der Waals surface area contributed by atoms with Crippen molar-refractivity contribution in [3.05, 3.63) is 35.5 Å². The molecular formula is C12H12ClN3O2. The molecule has 0 radical (unpaired) electrons. The fourth-order valence-electron chi connectivity index (χ4n) is 1.50. The zero-order valence-electron chi connectivity index (χ0n) is 9.74. The molecule has 2 N–H and O–H groups in total. The predicted molar refractivity (Wildman–Crippen MR) is 69.7 cm³/mol. The molecule has 0 fully saturated rings. The average molecular weight is 266 g/mol. The van der Waals surface area contributed by atoms with Gasteiger partial charge in [-0.05, 0) is 24.6 Å². The number of aromatic amines is 1. The zero-order chi connectivity index (χ0) is 13.0. The van der Waals surface area contributed by atoms with E-state index in [1.54, 1.807) is 25.3 Å². The molecule has 0 aliphatic heterocycles. The maximum Gasteiger partial charge on any atom is 0.412 e. The van der Waals surface area contributed by atoms with Gasteiger partial charge in [-0.1, -0.05) is 23.7 Å². The summed E-state index contributed by atoms with van der Waals surface area (Å²) in [6.45, 7) is 2.06. The maximum absolute atomic E-state index is 11.3. The summed E-state index contributed by atoms with van der Waals surface area (Å²) in [6, 6.07) is 7.25. The van der Waals surface area contributed by atoms with Gasteiger partial charge in [0.2, 0.25) is 0 Å². The molecular weight excluding hydrogens is 254 g/mol. The minimum Gasteiger partial charge on any atom is -0.450 e. The van der Waals surface area contributed by atoms with E-state index in [1.807, 2.05) is 12.1 Å². The van der Waals surface area contributed by atoms with Crippen molar-refractivity contribution >= 4 is 23.5 Å². The van der Waals surface area contributed by atoms with Crippen molar-refractivity contribution in [1.82, 2.24) is 10.2 Å². The molecule has 0 bridgehead atoms. The standard InChI is InChI=1S/C12H12ClN3O2/c1-2-18-12(17)15-11-10(7-14-16-11)8-3-5-9(13)6-4-8/h3-7H,2H2,1H3,(H2,14,15,16,17). The molecule has 0 aliphatic rings. The molecule has 5 nitrogen and oxygen atoms in total. The van der Waals surface area contributed by atoms with E-state index >= 15 is 0 Å². The smallest absolute Gasteiger partial charge is 0.412 e. The van der Waals surface area contributed by atoms with Crippen LogP contribution in [0.4, 0.5) is 10.6 Å². The molecule has 0 aliphatic carbocycles. The highest BCUT2D eigenvalue weighted by molar-refractivity contribution is 6.30. The van der Waals surface area contributed by atoms with Gasteiger partial charge in [0, 0.05) is 10.6 Å². The Balaban J connectivity index is 2.22. The van der Waals surface area contributed by atoms with Gasteiger partial charge in [-0.25, -0.2) is 4.79 Å². The summed E-state index contributed by atoms with van der Waals surface area (Å²) in [6.07, 6.45) is 1.11. The number of carbonyl (C=O) groups excluding carboxylic acids is 1. The summed E-state index contributed by atoms with van der Waals surface area (Å²) >= 11 is 5.83. The highest BCUT2D eigenvalue weighted by Crippen LogP contribution is 2.26. The third-order valence-corrected chi connectivity index (χ3v) is 2.55. The van der Waals surface area contributed by atoms with Crippen LogP contribution in [0.25, 0.3) is 11.1 Å². The number of halogens is 1. The third-order valence-electron chi connectivity index (χ3n) is 2.30. The van der Waals surface area contributed by atoms with Crippen LogP contribution in [0.15, 0.2) is 30.5 Å². The van der Waals surface area contributed by atoms with Crippen LogP contribution in [0.3, 0.4) is 0 Å². The number of benzene rings is 1. The SMILES string of the molecule is CCOC(=O)Nc1[nH]ncc1-c1ccc(Cl)cc1. The van der Waals surface area contributed by atoms with Crippen molar-refractivity contribution < 1.29 is 9.53 Å². The number of carbonyl (C=O) groups is 1. The molecule has 0 atom stereocenters. The van der Waals surface area contributed by atoms with Crippen molar-refractivity contribution in [2.75, 3.05) is 11.9 Å². The first-order chi connectivity index (χ1) is 8.70. The fourth-order valence-corrected chi connectivity index (χ4v) is 1.62. The molecule has 0 saturated heterocycles. The Hall–Kier alpha value is -2.01. The van der Waals surface area contributed by atoms with Crippen molar-refractivity contribution in [3.63, 3.8) is 0 Å². The number of H-pyrrole nitrogens is 1. The molecule has 1 heterocycles. The van der Waals surface area contributed by atoms with Gasteiger partial charge in [0.1, 0.15) is 5.82 Å². The van der Waals surface area contributed by atoms with Gasteiger partial charge < -0.3 is 4.74 Å². The van der Waals surface area contributed by atoms with Gasteiger partial charge in [-0.3, -0.25) is 10.4 Å². The molecule has 1 aromatic carbocycles. The van der Waals surface area contributed by atoms with Gasteiger partial charge in [-0.2, -0.15) is 5.10 Å². The summed E-state index contributed by atoms with van der Waals surface area (Å²) in [7, 11) is 0. The number of hydrogen-bond donors (Lipinski definition) is 2. The second kappa shape index (κ2) is 5.55. The number of anilines is 1. The Morgan fingerprint density at radius 2 is 2.17 bits per heavy atom. The summed E-state index contributed by atoms with van der Waals surface area (Å²) in [5.41, 5.74) is 1.68. The van der Waals surface area contributed by atoms with E-state index in [2.05, 4.69) is 15.5 Å². The van der Waals surface area contributed by atoms with Crippen molar-refractivity contribution in [2.45, 2.75) is 6.92 Å². The van der Waals surface area contributed by atoms with E-state index in [-0.39, 0.29) is 0 Å². The Morgan fingerprint density at radius 1 is 1.44 bits per heavy atom. The molecule has 0 spiro atoms. The maximum atomic E-state index is 11.3. The quantitative estimate of drug-likeness (QED) is 0.895. The van der Waals surface area contributed by atoms with E-state index < -0.39 is 6.09 Å². The van der Waals surface area contributed by atoms with Gasteiger partial charge in [0.25, 0.3) is 0 Å². The molecule has 1 amide bonds. The number of ether oxygens (including phenoxy) is 1. The minimum absolute atomic E-state index is 0.316. The first-order valence-corrected chi connectivity index (χ1v) is 5.81. The number of hydrogen-bond acceptors (Lipinski definition) is 3. The predicted octanol–water partition coefficient (Wildman–Crippen LogP) is 3.30. The summed E-state index contributed by atoms with van der Waals surface area (Å²) in [5.74, 6) is 0.496. The molecule has 0 saturated carbocycles. The van der Waals surface area contributed by atoms with Crippen molar-refractivity contribution in [3.8, 4) is 11.1 Å². The number of nitrogens with one attached hydrogen (secondary N) is 2. The third kappa shape index (κ3) is 2.81. The Kier molecular flexibility index (Phi) is 3.84. The molecule has 2 rings (SSSR count). The lowest BCUT2D eigenvalue weighted by molar-refractivity contribution is 0.168. The highest BCUT2D eigenvalue weighted by Gasteiger charge is 2.10. The monoisotopic (exact) mass is 265 g/mol. The largest absolute Gasteiger partial charge is 0.450 e. The van der Waals surface area contributed by atoms with Gasteiger partial charge in [0.15, 0.2) is 0 Å². The molecule has 1 aromatic heterocycles. The van der Waals surface area contributed by atoms with Gasteiger partial charge >= 0.3 is 6.09 Å². The Bertz CT molecular complexity index is 537. The van der Waals surface area contributed by atoms with Crippen molar-refractivity contribution in [2.24, 2.45) is 0 Å². The summed E-state index contributed by atoms with van der Waals surface area (Å²) in [4.78, 5) is 11.3. The Labute approximate surface area is 109 Å². The van der Waals surface area contributed by atoms with Crippen LogP contribution in [0, 0.1) is 0 Å². The van der Waals surface area contributed by atoms with Crippen LogP contribution >= 0.6 is 11.6 Å². The lowest BCUT2D eigenvalue weighted by Gasteiger charge is -2.05. The molecule has 2 aromatic rings. The molecule has 18 heavy (non-hydrogen) atoms. The van der Waals surface area contributed by atoms with Crippen molar-refractivity contribution in [1.29, 1.82) is 0 Å². The van der Waals surface area contributed by atoms with E-state index in [1.165, 1.54) is 0 Å². The number of amides is 1. The fraction of sp³-hybridized carbons (Fsp3) is 0.167. The van der Waals surface area contributed by atoms with Crippen LogP contribution in [0.2, 0.25) is 5.02 Å². The van der Waals surface area contributed by atoms with E-state index in [0.29, 0.717) is 17.4 Å². The van der Waals surface area contributed by atoms with Gasteiger partial charge in [-0.15, -0.1) is 0 Å². The summed E-state index contributed by atoms with van der Waals surface area (Å²) in [5, 5.41) is 9.87. The lowest BCUT2D eigenvalue weighted by atomic mass is 10.1. The second-order valence-corrected chi connectivity index (χ2v) is 3.95. The number of rotatable bonds is 3. The summed E-state index contributed by atoms with van der Waals surface area (Å²) < 4.78 is 4.81.